The normalized spacial score (nSPS) is 10.7. The smallest absolute Gasteiger partial charge is 0.0445 e. The molecule has 0 atom stereocenters. The molecule has 0 fully saturated rings. The van der Waals surface area contributed by atoms with E-state index in [0.717, 1.165) is 16.6 Å². The van der Waals surface area contributed by atoms with Gasteiger partial charge in [0.1, 0.15) is 0 Å². The maximum Gasteiger partial charge on any atom is 0.0445 e. The largest absolute Gasteiger partial charge is 0.124 e. The molecule has 0 nitrogen and oxygen atoms in total. The Balaban J connectivity index is 0. The van der Waals surface area contributed by atoms with Crippen LogP contribution in [0.1, 0.15) is 41.5 Å². The van der Waals surface area contributed by atoms with Crippen LogP contribution in [-0.4, -0.2) is 8.80 Å². The van der Waals surface area contributed by atoms with Crippen LogP contribution in [0.5, 0.6) is 0 Å². The van der Waals surface area contributed by atoms with Gasteiger partial charge in [0.2, 0.25) is 0 Å². The Kier molecular flexibility index (Phi) is 8.86. The maximum atomic E-state index is 4.00. The van der Waals surface area contributed by atoms with Crippen LogP contribution in [0.4, 0.5) is 0 Å². The van der Waals surface area contributed by atoms with Gasteiger partial charge >= 0.3 is 0 Å². The third-order valence-electron chi connectivity index (χ3n) is 2.31. The topological polar surface area (TPSA) is 0 Å². The molecule has 12 heavy (non-hydrogen) atoms. The fourth-order valence-corrected chi connectivity index (χ4v) is 6.93. The Morgan fingerprint density at radius 1 is 0.667 bits per heavy atom. The van der Waals surface area contributed by atoms with E-state index in [-0.39, 0.29) is 0 Å². The van der Waals surface area contributed by atoms with Crippen molar-refractivity contribution in [3.63, 3.8) is 0 Å². The van der Waals surface area contributed by atoms with Crippen molar-refractivity contribution in [2.24, 2.45) is 0 Å². The summed E-state index contributed by atoms with van der Waals surface area (Å²) in [6, 6.07) is 0. The van der Waals surface area contributed by atoms with Crippen LogP contribution in [0.15, 0.2) is 0 Å². The Labute approximate surface area is 80.4 Å². The second kappa shape index (κ2) is 7.43. The molecular formula is C11H24Si. The number of hydrogen-bond acceptors (Lipinski definition) is 0. The molecule has 0 bridgehead atoms. The molecule has 0 saturated heterocycles. The Morgan fingerprint density at radius 2 is 0.833 bits per heavy atom. The van der Waals surface area contributed by atoms with E-state index in [1.165, 1.54) is 0 Å². The number of terminal acetylenes is 1. The van der Waals surface area contributed by atoms with Gasteiger partial charge in [0.25, 0.3) is 0 Å². The van der Waals surface area contributed by atoms with Gasteiger partial charge in [0.05, 0.1) is 0 Å². The second-order valence-corrected chi connectivity index (χ2v) is 9.46. The predicted octanol–water partition coefficient (Wildman–Crippen LogP) is 3.69. The lowest BCUT2D eigenvalue weighted by atomic mass is 10.5. The molecule has 0 heterocycles. The van der Waals surface area contributed by atoms with Crippen molar-refractivity contribution in [3.8, 4) is 12.8 Å². The molecule has 0 N–H and O–H groups in total. The van der Waals surface area contributed by atoms with Gasteiger partial charge in [-0.15, -0.1) is 12.8 Å². The van der Waals surface area contributed by atoms with Crippen molar-refractivity contribution < 1.29 is 0 Å². The maximum absolute atomic E-state index is 4.00. The lowest BCUT2D eigenvalue weighted by molar-refractivity contribution is 0.863. The molecule has 1 heteroatoms. The minimum Gasteiger partial charge on any atom is -0.124 e. The van der Waals surface area contributed by atoms with E-state index in [1.807, 2.05) is 0 Å². The van der Waals surface area contributed by atoms with E-state index in [1.54, 1.807) is 0 Å². The van der Waals surface area contributed by atoms with Crippen LogP contribution in [0.25, 0.3) is 0 Å². The lowest BCUT2D eigenvalue weighted by Crippen LogP contribution is -2.24. The molecule has 0 radical (unpaired) electrons. The summed E-state index contributed by atoms with van der Waals surface area (Å²) in [5.41, 5.74) is 2.92. The summed E-state index contributed by atoms with van der Waals surface area (Å²) >= 11 is 0. The Hall–Kier alpha value is -0.223. The average molecular weight is 184 g/mol. The van der Waals surface area contributed by atoms with Crippen LogP contribution in [-0.2, 0) is 0 Å². The molecule has 0 aliphatic rings. The van der Waals surface area contributed by atoms with Gasteiger partial charge in [-0.3, -0.25) is 0 Å². The highest BCUT2D eigenvalue weighted by Gasteiger charge is 2.22. The Bertz CT molecular complexity index is 92.4. The zero-order valence-corrected chi connectivity index (χ0v) is 10.6. The van der Waals surface area contributed by atoms with Gasteiger partial charge in [-0.1, -0.05) is 58.2 Å². The highest BCUT2D eigenvalue weighted by atomic mass is 28.3. The monoisotopic (exact) mass is 184 g/mol. The van der Waals surface area contributed by atoms with Gasteiger partial charge < -0.3 is 0 Å². The molecule has 0 aromatic heterocycles. The molecule has 0 spiro atoms. The van der Waals surface area contributed by atoms with Crippen molar-refractivity contribution in [3.05, 3.63) is 0 Å². The third kappa shape index (κ3) is 5.43. The summed E-state index contributed by atoms with van der Waals surface area (Å²) in [7, 11) is -0.454. The Morgan fingerprint density at radius 3 is 0.833 bits per heavy atom. The van der Waals surface area contributed by atoms with E-state index in [0.29, 0.717) is 0 Å². The molecule has 72 valence electrons. The summed E-state index contributed by atoms with van der Waals surface area (Å²) in [5.74, 6) is 0. The van der Waals surface area contributed by atoms with Crippen LogP contribution in [0.3, 0.4) is 0 Å². The first-order chi connectivity index (χ1) is 5.46. The van der Waals surface area contributed by atoms with Gasteiger partial charge in [-0.05, 0) is 0 Å². The summed E-state index contributed by atoms with van der Waals surface area (Å²) in [6.07, 6.45) is 8.00. The predicted molar refractivity (Wildman–Crippen MR) is 62.3 cm³/mol. The standard InChI is InChI=1S/C9H22Si.C2H2/c1-7(2)10(8(3)4)9(5)6;1-2/h7-10H,1-6H3;1-2H. The van der Waals surface area contributed by atoms with E-state index >= 15 is 0 Å². The summed E-state index contributed by atoms with van der Waals surface area (Å²) in [4.78, 5) is 0. The summed E-state index contributed by atoms with van der Waals surface area (Å²) in [6.45, 7) is 14.3. The van der Waals surface area contributed by atoms with Crippen LogP contribution < -0.4 is 0 Å². The minimum absolute atomic E-state index is 0.454. The second-order valence-electron chi connectivity index (χ2n) is 4.31. The average Bonchev–Trinajstić information content (AvgIpc) is 1.88. The fraction of sp³-hybridized carbons (Fsp3) is 0.818. The molecular weight excluding hydrogens is 160 g/mol. The van der Waals surface area contributed by atoms with E-state index < -0.39 is 8.80 Å². The zero-order chi connectivity index (χ0) is 10.3. The SMILES string of the molecule is C#C.CC(C)[SiH](C(C)C)C(C)C. The van der Waals surface area contributed by atoms with Crippen molar-refractivity contribution in [2.45, 2.75) is 58.2 Å². The molecule has 0 aromatic rings. The first-order valence-corrected chi connectivity index (χ1v) is 6.80. The molecule has 0 aliphatic carbocycles. The van der Waals surface area contributed by atoms with Gasteiger partial charge in [0.15, 0.2) is 0 Å². The highest BCUT2D eigenvalue weighted by molar-refractivity contribution is 6.63. The molecule has 0 aromatic carbocycles. The lowest BCUT2D eigenvalue weighted by Gasteiger charge is -2.26. The number of rotatable bonds is 3. The van der Waals surface area contributed by atoms with E-state index in [2.05, 4.69) is 54.4 Å². The fourth-order valence-electron chi connectivity index (χ4n) is 2.31. The molecule has 0 saturated carbocycles. The van der Waals surface area contributed by atoms with Crippen LogP contribution in [0, 0.1) is 12.8 Å². The highest BCUT2D eigenvalue weighted by Crippen LogP contribution is 2.28. The molecule has 0 aliphatic heterocycles. The minimum atomic E-state index is -0.454. The first-order valence-electron chi connectivity index (χ1n) is 4.80. The van der Waals surface area contributed by atoms with Crippen LogP contribution >= 0.6 is 0 Å². The van der Waals surface area contributed by atoms with Gasteiger partial charge in [0, 0.05) is 8.80 Å². The summed E-state index contributed by atoms with van der Waals surface area (Å²) in [5, 5.41) is 0. The zero-order valence-electron chi connectivity index (χ0n) is 9.46. The van der Waals surface area contributed by atoms with Gasteiger partial charge in [-0.2, -0.15) is 0 Å². The third-order valence-corrected chi connectivity index (χ3v) is 6.93. The number of hydrogen-bond donors (Lipinski definition) is 0. The quantitative estimate of drug-likeness (QED) is 0.463. The molecule has 0 unspecified atom stereocenters. The van der Waals surface area contributed by atoms with Crippen LogP contribution in [0.2, 0.25) is 16.6 Å². The van der Waals surface area contributed by atoms with Crippen molar-refractivity contribution >= 4 is 8.80 Å². The van der Waals surface area contributed by atoms with Gasteiger partial charge in [-0.25, -0.2) is 0 Å². The van der Waals surface area contributed by atoms with E-state index in [9.17, 15) is 0 Å². The van der Waals surface area contributed by atoms with Crippen molar-refractivity contribution in [2.75, 3.05) is 0 Å². The van der Waals surface area contributed by atoms with Crippen molar-refractivity contribution in [1.82, 2.24) is 0 Å². The molecule has 0 rings (SSSR count). The van der Waals surface area contributed by atoms with E-state index in [4.69, 9.17) is 0 Å². The summed E-state index contributed by atoms with van der Waals surface area (Å²) < 4.78 is 0. The first kappa shape index (κ1) is 14.3. The van der Waals surface area contributed by atoms with Crippen molar-refractivity contribution in [1.29, 1.82) is 0 Å². The molecule has 0 amide bonds.